The Morgan fingerprint density at radius 1 is 1.32 bits per heavy atom. The number of hydrogen-bond acceptors (Lipinski definition) is 5. The first-order valence-electron chi connectivity index (χ1n) is 10.4. The van der Waals surface area contributed by atoms with Crippen molar-refractivity contribution in [1.82, 2.24) is 29.8 Å². The van der Waals surface area contributed by atoms with Crippen molar-refractivity contribution >= 4 is 22.8 Å². The molecule has 1 aliphatic heterocycles. The molecule has 2 aliphatic rings. The molecule has 2 amide bonds. The van der Waals surface area contributed by atoms with Crippen LogP contribution < -0.4 is 5.32 Å². The number of nitrogens with zero attached hydrogens (tertiary/aromatic N) is 5. The quantitative estimate of drug-likeness (QED) is 0.821. The monoisotopic (exact) mass is 386 g/mol. The molecular weight excluding hydrogens is 356 g/mol. The number of hydrogen-bond donors (Lipinski definition) is 1. The zero-order chi connectivity index (χ0) is 19.8. The van der Waals surface area contributed by atoms with Gasteiger partial charge in [0.25, 0.3) is 0 Å². The Morgan fingerprint density at radius 2 is 2.11 bits per heavy atom. The number of fused-ring (bicyclic) bond motifs is 1. The van der Waals surface area contributed by atoms with E-state index in [0.29, 0.717) is 13.1 Å². The molecule has 2 aromatic heterocycles. The van der Waals surface area contributed by atoms with Gasteiger partial charge in [0.05, 0.1) is 24.4 Å². The third-order valence-corrected chi connectivity index (χ3v) is 5.76. The summed E-state index contributed by atoms with van der Waals surface area (Å²) in [4.78, 5) is 27.5. The normalized spacial score (nSPS) is 20.1. The highest BCUT2D eigenvalue weighted by Crippen LogP contribution is 2.30. The fraction of sp³-hybridized carbons (Fsp3) is 0.700. The van der Waals surface area contributed by atoms with Gasteiger partial charge in [-0.25, -0.2) is 0 Å². The van der Waals surface area contributed by atoms with E-state index in [1.807, 2.05) is 22.5 Å². The largest absolute Gasteiger partial charge is 0.316 e. The Bertz CT molecular complexity index is 873. The molecule has 2 aromatic rings. The van der Waals surface area contributed by atoms with Crippen molar-refractivity contribution in [3.63, 3.8) is 0 Å². The average molecular weight is 387 g/mol. The summed E-state index contributed by atoms with van der Waals surface area (Å²) in [5.74, 6) is -0.133. The molecule has 4 rings (SSSR count). The van der Waals surface area contributed by atoms with E-state index < -0.39 is 0 Å². The minimum Gasteiger partial charge on any atom is -0.316 e. The van der Waals surface area contributed by atoms with Crippen molar-refractivity contribution in [3.05, 3.63) is 11.9 Å². The van der Waals surface area contributed by atoms with Crippen LogP contribution in [0.1, 0.15) is 57.7 Å². The van der Waals surface area contributed by atoms with Gasteiger partial charge in [-0.05, 0) is 53.0 Å². The summed E-state index contributed by atoms with van der Waals surface area (Å²) in [6, 6.07) is 0.354. The summed E-state index contributed by atoms with van der Waals surface area (Å²) in [5.41, 5.74) is 2.88. The Hall–Kier alpha value is -2.22. The van der Waals surface area contributed by atoms with E-state index in [4.69, 9.17) is 0 Å². The van der Waals surface area contributed by atoms with Crippen molar-refractivity contribution in [1.29, 1.82) is 0 Å². The predicted molar refractivity (Wildman–Crippen MR) is 106 cm³/mol. The second-order valence-electron chi connectivity index (χ2n) is 8.35. The Balaban J connectivity index is 1.47. The van der Waals surface area contributed by atoms with Crippen LogP contribution in [0.3, 0.4) is 0 Å². The van der Waals surface area contributed by atoms with Gasteiger partial charge in [-0.15, -0.1) is 0 Å². The Morgan fingerprint density at radius 3 is 2.75 bits per heavy atom. The molecule has 28 heavy (non-hydrogen) atoms. The zero-order valence-electron chi connectivity index (χ0n) is 17.0. The van der Waals surface area contributed by atoms with Crippen LogP contribution in [0.5, 0.6) is 0 Å². The van der Waals surface area contributed by atoms with Gasteiger partial charge in [0.1, 0.15) is 11.0 Å². The maximum Gasteiger partial charge on any atom is 0.233 e. The summed E-state index contributed by atoms with van der Waals surface area (Å²) >= 11 is 0. The molecule has 2 fully saturated rings. The number of piperidine rings is 1. The lowest BCUT2D eigenvalue weighted by molar-refractivity contribution is -0.148. The topological polar surface area (TPSA) is 85.1 Å². The highest BCUT2D eigenvalue weighted by Gasteiger charge is 2.39. The standard InChI is InChI=1S/C20H30N6O2/c1-13(2)26-17-12-22-24(19(17)14(3)23-26)10-8-18(27)25(16-6-7-16)20(28)15-5-4-9-21-11-15/h12-13,15-16,21H,4-11H2,1-3H3. The summed E-state index contributed by atoms with van der Waals surface area (Å²) in [5, 5.41) is 12.4. The summed E-state index contributed by atoms with van der Waals surface area (Å²) < 4.78 is 3.82. The number of aromatic nitrogens is 4. The van der Waals surface area contributed by atoms with Crippen LogP contribution in [0.25, 0.3) is 11.0 Å². The second kappa shape index (κ2) is 7.66. The molecule has 3 heterocycles. The van der Waals surface area contributed by atoms with Gasteiger partial charge in [-0.3, -0.25) is 23.9 Å². The molecule has 0 radical (unpaired) electrons. The van der Waals surface area contributed by atoms with Gasteiger partial charge in [0, 0.05) is 25.0 Å². The number of amides is 2. The first-order chi connectivity index (χ1) is 13.5. The van der Waals surface area contributed by atoms with Crippen LogP contribution in [0.2, 0.25) is 0 Å². The highest BCUT2D eigenvalue weighted by molar-refractivity contribution is 5.97. The number of nitrogens with one attached hydrogen (secondary N) is 1. The molecule has 1 atom stereocenters. The molecule has 0 aromatic carbocycles. The average Bonchev–Trinajstić information content (AvgIpc) is 3.33. The van der Waals surface area contributed by atoms with E-state index in [2.05, 4.69) is 29.4 Å². The summed E-state index contributed by atoms with van der Waals surface area (Å²) in [6.45, 7) is 8.25. The highest BCUT2D eigenvalue weighted by atomic mass is 16.2. The molecule has 1 saturated carbocycles. The van der Waals surface area contributed by atoms with Crippen molar-refractivity contribution in [2.45, 2.75) is 71.5 Å². The fourth-order valence-corrected chi connectivity index (χ4v) is 4.16. The number of carbonyl (C=O) groups is 2. The number of imide groups is 1. The molecular formula is C20H30N6O2. The van der Waals surface area contributed by atoms with E-state index in [1.165, 1.54) is 0 Å². The first kappa shape index (κ1) is 19.1. The minimum absolute atomic E-state index is 0.00844. The van der Waals surface area contributed by atoms with Crippen molar-refractivity contribution < 1.29 is 9.59 Å². The van der Waals surface area contributed by atoms with Crippen LogP contribution >= 0.6 is 0 Å². The lowest BCUT2D eigenvalue weighted by Gasteiger charge is -2.28. The SMILES string of the molecule is Cc1nn(C(C)C)c2cnn(CCC(=O)N(C(=O)C3CCCNC3)C3CC3)c12. The van der Waals surface area contributed by atoms with E-state index >= 15 is 0 Å². The first-order valence-corrected chi connectivity index (χ1v) is 10.4. The van der Waals surface area contributed by atoms with Crippen molar-refractivity contribution in [2.24, 2.45) is 5.92 Å². The molecule has 1 N–H and O–H groups in total. The lowest BCUT2D eigenvalue weighted by atomic mass is 9.98. The number of carbonyl (C=O) groups excluding carboxylic acids is 2. The minimum atomic E-state index is -0.0735. The molecule has 1 saturated heterocycles. The molecule has 1 aliphatic carbocycles. The van der Waals surface area contributed by atoms with E-state index in [9.17, 15) is 9.59 Å². The summed E-state index contributed by atoms with van der Waals surface area (Å²) in [6.07, 6.45) is 5.83. The van der Waals surface area contributed by atoms with Gasteiger partial charge in [0.15, 0.2) is 0 Å². The second-order valence-corrected chi connectivity index (χ2v) is 8.35. The molecule has 8 nitrogen and oxygen atoms in total. The zero-order valence-corrected chi connectivity index (χ0v) is 17.0. The van der Waals surface area contributed by atoms with Crippen LogP contribution in [0.4, 0.5) is 0 Å². The fourth-order valence-electron chi connectivity index (χ4n) is 4.16. The van der Waals surface area contributed by atoms with Crippen molar-refractivity contribution in [2.75, 3.05) is 13.1 Å². The molecule has 0 spiro atoms. The molecule has 8 heteroatoms. The van der Waals surface area contributed by atoms with Crippen LogP contribution in [0, 0.1) is 12.8 Å². The van der Waals surface area contributed by atoms with Crippen LogP contribution in [-0.2, 0) is 16.1 Å². The van der Waals surface area contributed by atoms with Crippen LogP contribution in [0.15, 0.2) is 6.20 Å². The molecule has 0 bridgehead atoms. The Labute approximate surface area is 165 Å². The van der Waals surface area contributed by atoms with Gasteiger partial charge >= 0.3 is 0 Å². The van der Waals surface area contributed by atoms with E-state index in [1.54, 1.807) is 4.90 Å². The van der Waals surface area contributed by atoms with E-state index in [0.717, 1.165) is 49.0 Å². The number of aryl methyl sites for hydroxylation is 2. The van der Waals surface area contributed by atoms with Crippen LogP contribution in [-0.4, -0.2) is 55.4 Å². The van der Waals surface area contributed by atoms with Gasteiger partial charge in [-0.1, -0.05) is 0 Å². The van der Waals surface area contributed by atoms with Gasteiger partial charge < -0.3 is 5.32 Å². The number of rotatable bonds is 6. The Kier molecular flexibility index (Phi) is 5.23. The predicted octanol–water partition coefficient (Wildman–Crippen LogP) is 2.03. The van der Waals surface area contributed by atoms with Crippen molar-refractivity contribution in [3.8, 4) is 0 Å². The maximum absolute atomic E-state index is 13.0. The third-order valence-electron chi connectivity index (χ3n) is 5.76. The van der Waals surface area contributed by atoms with E-state index in [-0.39, 0.29) is 36.2 Å². The third kappa shape index (κ3) is 3.57. The summed E-state index contributed by atoms with van der Waals surface area (Å²) in [7, 11) is 0. The molecule has 1 unspecified atom stereocenters. The smallest absolute Gasteiger partial charge is 0.233 e. The lowest BCUT2D eigenvalue weighted by Crippen LogP contribution is -2.47. The maximum atomic E-state index is 13.0. The molecule has 152 valence electrons. The van der Waals surface area contributed by atoms with Gasteiger partial charge in [-0.2, -0.15) is 10.2 Å². The van der Waals surface area contributed by atoms with Gasteiger partial charge in [0.2, 0.25) is 11.8 Å².